The van der Waals surface area contributed by atoms with Gasteiger partial charge in [-0.05, 0) is 12.8 Å². The molecule has 0 unspecified atom stereocenters. The Morgan fingerprint density at radius 1 is 0.733 bits per heavy atom. The van der Waals surface area contributed by atoms with E-state index in [1.165, 1.54) is 0 Å². The molecule has 2 nitrogen and oxygen atoms in total. The molecule has 0 radical (unpaired) electrons. The first-order chi connectivity index (χ1) is 7.21. The third-order valence-corrected chi connectivity index (χ3v) is 4.75. The molecular weight excluding hydrogens is 208 g/mol. The maximum Gasteiger partial charge on any atom is 0.170 e. The second kappa shape index (κ2) is 4.19. The van der Waals surface area contributed by atoms with Crippen LogP contribution in [0.4, 0.5) is 0 Å². The average Bonchev–Trinajstić information content (AvgIpc) is 2.31. The smallest absolute Gasteiger partial charge is 0.170 e. The first-order valence-electron chi connectivity index (χ1n) is 5.10. The first-order valence-corrected chi connectivity index (χ1v) is 6.71. The van der Waals surface area contributed by atoms with Crippen molar-refractivity contribution < 1.29 is 8.42 Å². The van der Waals surface area contributed by atoms with Crippen LogP contribution in [0.25, 0.3) is 0 Å². The lowest BCUT2D eigenvalue weighted by molar-refractivity contribution is 0.591. The third kappa shape index (κ3) is 2.12. The van der Waals surface area contributed by atoms with Gasteiger partial charge in [-0.1, -0.05) is 48.6 Å². The van der Waals surface area contributed by atoms with E-state index >= 15 is 0 Å². The molecule has 0 atom stereocenters. The van der Waals surface area contributed by atoms with Crippen LogP contribution in [0.2, 0.25) is 0 Å². The minimum Gasteiger partial charge on any atom is -0.227 e. The normalized spacial score (nSPS) is 22.4. The van der Waals surface area contributed by atoms with Crippen molar-refractivity contribution in [3.8, 4) is 0 Å². The molecule has 80 valence electrons. The zero-order valence-corrected chi connectivity index (χ0v) is 9.23. The maximum absolute atomic E-state index is 12.1. The summed E-state index contributed by atoms with van der Waals surface area (Å²) in [5, 5.41) is -0.910. The minimum absolute atomic E-state index is 0.455. The Hall–Kier alpha value is -1.09. The van der Waals surface area contributed by atoms with Crippen molar-refractivity contribution >= 4 is 9.84 Å². The van der Waals surface area contributed by atoms with E-state index in [4.69, 9.17) is 0 Å². The standard InChI is InChI=1S/C12H14O2S/c13-15(14,11-7-3-1-4-8-11)12-9-5-2-6-10-12/h3-12H,1-2H2. The Bertz CT molecular complexity index is 378. The van der Waals surface area contributed by atoms with Gasteiger partial charge in [0.05, 0.1) is 10.5 Å². The zero-order valence-electron chi connectivity index (χ0n) is 8.41. The van der Waals surface area contributed by atoms with E-state index in [2.05, 4.69) is 0 Å². The van der Waals surface area contributed by atoms with E-state index in [-0.39, 0.29) is 0 Å². The molecule has 0 aromatic rings. The molecule has 0 spiro atoms. The van der Waals surface area contributed by atoms with Gasteiger partial charge < -0.3 is 0 Å². The van der Waals surface area contributed by atoms with E-state index in [0.29, 0.717) is 0 Å². The van der Waals surface area contributed by atoms with Crippen molar-refractivity contribution in [1.29, 1.82) is 0 Å². The summed E-state index contributed by atoms with van der Waals surface area (Å²) in [5.41, 5.74) is 0. The van der Waals surface area contributed by atoms with Crippen LogP contribution in [-0.4, -0.2) is 18.9 Å². The van der Waals surface area contributed by atoms with Crippen LogP contribution in [0.5, 0.6) is 0 Å². The summed E-state index contributed by atoms with van der Waals surface area (Å²) in [7, 11) is -3.13. The number of sulfone groups is 1. The van der Waals surface area contributed by atoms with E-state index in [1.54, 1.807) is 24.3 Å². The van der Waals surface area contributed by atoms with Gasteiger partial charge in [0.15, 0.2) is 9.84 Å². The highest BCUT2D eigenvalue weighted by molar-refractivity contribution is 7.93. The molecule has 0 aromatic carbocycles. The van der Waals surface area contributed by atoms with Crippen LogP contribution in [0.3, 0.4) is 0 Å². The van der Waals surface area contributed by atoms with Gasteiger partial charge in [0.25, 0.3) is 0 Å². The largest absolute Gasteiger partial charge is 0.227 e. The molecule has 0 heterocycles. The SMILES string of the molecule is O=S(=O)(C1C=CCC=C1)C1C=CCC=C1. The fourth-order valence-corrected chi connectivity index (χ4v) is 3.44. The maximum atomic E-state index is 12.1. The van der Waals surface area contributed by atoms with E-state index < -0.39 is 20.3 Å². The van der Waals surface area contributed by atoms with Gasteiger partial charge in [-0.25, -0.2) is 8.42 Å². The van der Waals surface area contributed by atoms with E-state index in [1.807, 2.05) is 24.3 Å². The molecule has 0 bridgehead atoms. The van der Waals surface area contributed by atoms with Gasteiger partial charge in [0, 0.05) is 0 Å². The summed E-state index contributed by atoms with van der Waals surface area (Å²) >= 11 is 0. The zero-order chi connectivity index (χ0) is 10.7. The molecule has 0 fully saturated rings. The molecule has 0 saturated heterocycles. The molecule has 2 aliphatic carbocycles. The van der Waals surface area contributed by atoms with Crippen molar-refractivity contribution in [3.05, 3.63) is 48.6 Å². The molecule has 3 heteroatoms. The van der Waals surface area contributed by atoms with Crippen molar-refractivity contribution in [2.24, 2.45) is 0 Å². The van der Waals surface area contributed by atoms with Crippen LogP contribution in [0.1, 0.15) is 12.8 Å². The van der Waals surface area contributed by atoms with Crippen molar-refractivity contribution in [3.63, 3.8) is 0 Å². The second-order valence-corrected chi connectivity index (χ2v) is 5.97. The monoisotopic (exact) mass is 222 g/mol. The Labute approximate surface area is 90.6 Å². The predicted octanol–water partition coefficient (Wildman–Crippen LogP) is 2.17. The van der Waals surface area contributed by atoms with Crippen LogP contribution >= 0.6 is 0 Å². The predicted molar refractivity (Wildman–Crippen MR) is 62.3 cm³/mol. The van der Waals surface area contributed by atoms with Crippen LogP contribution < -0.4 is 0 Å². The number of hydrogen-bond donors (Lipinski definition) is 0. The molecule has 0 amide bonds. The van der Waals surface area contributed by atoms with Crippen LogP contribution in [-0.2, 0) is 9.84 Å². The van der Waals surface area contributed by atoms with Gasteiger partial charge in [0.1, 0.15) is 0 Å². The molecular formula is C12H14O2S. The summed E-state index contributed by atoms with van der Waals surface area (Å²) < 4.78 is 24.3. The summed E-state index contributed by atoms with van der Waals surface area (Å²) in [6.07, 6.45) is 16.4. The fourth-order valence-electron chi connectivity index (χ4n) is 1.76. The highest BCUT2D eigenvalue weighted by Gasteiger charge is 2.28. The first kappa shape index (κ1) is 10.4. The lowest BCUT2D eigenvalue weighted by atomic mass is 10.2. The molecule has 0 saturated carbocycles. The van der Waals surface area contributed by atoms with Crippen molar-refractivity contribution in [2.75, 3.05) is 0 Å². The summed E-state index contributed by atoms with van der Waals surface area (Å²) in [6, 6.07) is 0. The van der Waals surface area contributed by atoms with Gasteiger partial charge in [0.2, 0.25) is 0 Å². The quantitative estimate of drug-likeness (QED) is 0.671. The van der Waals surface area contributed by atoms with Gasteiger partial charge in [-0.15, -0.1) is 0 Å². The Kier molecular flexibility index (Phi) is 2.91. The van der Waals surface area contributed by atoms with E-state index in [0.717, 1.165) is 12.8 Å². The number of allylic oxidation sites excluding steroid dienone is 4. The third-order valence-electron chi connectivity index (χ3n) is 2.61. The topological polar surface area (TPSA) is 34.1 Å². The van der Waals surface area contributed by atoms with Crippen molar-refractivity contribution in [2.45, 2.75) is 23.3 Å². The van der Waals surface area contributed by atoms with Gasteiger partial charge >= 0.3 is 0 Å². The molecule has 0 aromatic heterocycles. The minimum atomic E-state index is -3.13. The summed E-state index contributed by atoms with van der Waals surface area (Å²) in [6.45, 7) is 0. The summed E-state index contributed by atoms with van der Waals surface area (Å²) in [5.74, 6) is 0. The Morgan fingerprint density at radius 3 is 1.40 bits per heavy atom. The van der Waals surface area contributed by atoms with Gasteiger partial charge in [-0.2, -0.15) is 0 Å². The number of rotatable bonds is 2. The van der Waals surface area contributed by atoms with Crippen LogP contribution in [0, 0.1) is 0 Å². The average molecular weight is 222 g/mol. The molecule has 2 aliphatic rings. The Balaban J connectivity index is 2.25. The highest BCUT2D eigenvalue weighted by Crippen LogP contribution is 2.20. The van der Waals surface area contributed by atoms with Crippen molar-refractivity contribution in [1.82, 2.24) is 0 Å². The van der Waals surface area contributed by atoms with E-state index in [9.17, 15) is 8.42 Å². The van der Waals surface area contributed by atoms with Crippen LogP contribution in [0.15, 0.2) is 48.6 Å². The highest BCUT2D eigenvalue weighted by atomic mass is 32.2. The van der Waals surface area contributed by atoms with Gasteiger partial charge in [-0.3, -0.25) is 0 Å². The molecule has 2 rings (SSSR count). The Morgan fingerprint density at radius 2 is 1.07 bits per heavy atom. The lowest BCUT2D eigenvalue weighted by Gasteiger charge is -2.18. The number of hydrogen-bond acceptors (Lipinski definition) is 2. The lowest BCUT2D eigenvalue weighted by Crippen LogP contribution is -2.28. The fraction of sp³-hybridized carbons (Fsp3) is 0.333. The molecule has 0 aliphatic heterocycles. The molecule has 15 heavy (non-hydrogen) atoms. The second-order valence-electron chi connectivity index (χ2n) is 3.70. The molecule has 0 N–H and O–H groups in total. The summed E-state index contributed by atoms with van der Waals surface area (Å²) in [4.78, 5) is 0.